The van der Waals surface area contributed by atoms with Crippen LogP contribution in [0, 0.1) is 6.92 Å². The van der Waals surface area contributed by atoms with Crippen LogP contribution in [0.4, 0.5) is 5.69 Å². The summed E-state index contributed by atoms with van der Waals surface area (Å²) in [6.45, 7) is 3.78. The highest BCUT2D eigenvalue weighted by atomic mass is 32.2. The summed E-state index contributed by atoms with van der Waals surface area (Å²) in [5, 5.41) is 0. The topological polar surface area (TPSA) is 85.1 Å². The van der Waals surface area contributed by atoms with Crippen molar-refractivity contribution in [3.05, 3.63) is 40.3 Å². The van der Waals surface area contributed by atoms with Gasteiger partial charge in [0.05, 0.1) is 11.7 Å². The van der Waals surface area contributed by atoms with Gasteiger partial charge in [-0.25, -0.2) is 13.1 Å². The van der Waals surface area contributed by atoms with Crippen LogP contribution in [-0.2, 0) is 10.0 Å². The van der Waals surface area contributed by atoms with E-state index in [1.807, 2.05) is 19.1 Å². The maximum absolute atomic E-state index is 12.2. The van der Waals surface area contributed by atoms with Crippen LogP contribution in [0.15, 0.2) is 35.5 Å². The van der Waals surface area contributed by atoms with Crippen molar-refractivity contribution in [3.8, 4) is 0 Å². The third-order valence-electron chi connectivity index (χ3n) is 2.63. The highest BCUT2D eigenvalue weighted by Crippen LogP contribution is 2.25. The first-order valence-electron chi connectivity index (χ1n) is 5.68. The Morgan fingerprint density at radius 2 is 2.11 bits per heavy atom. The third-order valence-corrected chi connectivity index (χ3v) is 5.39. The molecule has 1 unspecified atom stereocenters. The van der Waals surface area contributed by atoms with Crippen molar-refractivity contribution >= 4 is 27.0 Å². The molecule has 0 aliphatic carbocycles. The number of nitrogens with two attached hydrogens (primary N) is 1. The van der Waals surface area contributed by atoms with Crippen LogP contribution in [0.2, 0.25) is 0 Å². The summed E-state index contributed by atoms with van der Waals surface area (Å²) in [7, 11) is -3.66. The first-order chi connectivity index (χ1) is 8.90. The molecule has 2 aromatic heterocycles. The predicted molar refractivity (Wildman–Crippen MR) is 76.4 cm³/mol. The van der Waals surface area contributed by atoms with E-state index in [2.05, 4.69) is 9.71 Å². The molecule has 0 saturated carbocycles. The van der Waals surface area contributed by atoms with Gasteiger partial charge in [-0.05, 0) is 32.0 Å². The minimum Gasteiger partial charge on any atom is -0.398 e. The Morgan fingerprint density at radius 3 is 2.68 bits per heavy atom. The van der Waals surface area contributed by atoms with E-state index in [1.54, 1.807) is 18.3 Å². The quantitative estimate of drug-likeness (QED) is 0.904. The lowest BCUT2D eigenvalue weighted by Gasteiger charge is -2.13. The number of nitrogens with zero attached hydrogens (tertiary/aromatic N) is 1. The van der Waals surface area contributed by atoms with Crippen LogP contribution in [0.5, 0.6) is 0 Å². The zero-order chi connectivity index (χ0) is 14.0. The van der Waals surface area contributed by atoms with Gasteiger partial charge in [0.1, 0.15) is 4.90 Å². The molecule has 2 rings (SSSR count). The fourth-order valence-corrected chi connectivity index (χ4v) is 3.91. The monoisotopic (exact) mass is 297 g/mol. The minimum absolute atomic E-state index is 0.00938. The standard InChI is InChI=1S/C12H15N3O2S2/c1-8-3-4-11(18-8)9(2)15-19(16,17)12-7-14-6-5-10(12)13/h3-7,9,15H,1-2H3,(H2,13,14). The number of nitrogen functional groups attached to an aromatic ring is 1. The van der Waals surface area contributed by atoms with Crippen molar-refractivity contribution in [1.82, 2.24) is 9.71 Å². The van der Waals surface area contributed by atoms with Crippen LogP contribution in [0.1, 0.15) is 22.7 Å². The lowest BCUT2D eigenvalue weighted by Crippen LogP contribution is -2.27. The fraction of sp³-hybridized carbons (Fsp3) is 0.250. The van der Waals surface area contributed by atoms with Gasteiger partial charge in [-0.1, -0.05) is 0 Å². The number of rotatable bonds is 4. The molecule has 2 aromatic rings. The molecule has 3 N–H and O–H groups in total. The number of aryl methyl sites for hydroxylation is 1. The average molecular weight is 297 g/mol. The average Bonchev–Trinajstić information content (AvgIpc) is 2.76. The lowest BCUT2D eigenvalue weighted by atomic mass is 10.3. The molecule has 102 valence electrons. The normalized spacial score (nSPS) is 13.4. The van der Waals surface area contributed by atoms with Gasteiger partial charge >= 0.3 is 0 Å². The summed E-state index contributed by atoms with van der Waals surface area (Å²) < 4.78 is 27.0. The van der Waals surface area contributed by atoms with Crippen LogP contribution in [0.25, 0.3) is 0 Å². The third kappa shape index (κ3) is 3.12. The number of thiophene rings is 1. The Balaban J connectivity index is 2.25. The highest BCUT2D eigenvalue weighted by Gasteiger charge is 2.21. The van der Waals surface area contributed by atoms with Crippen LogP contribution < -0.4 is 10.5 Å². The lowest BCUT2D eigenvalue weighted by molar-refractivity contribution is 0.568. The molecular weight excluding hydrogens is 282 g/mol. The van der Waals surface area contributed by atoms with E-state index in [9.17, 15) is 8.42 Å². The number of nitrogens with one attached hydrogen (secondary N) is 1. The smallest absolute Gasteiger partial charge is 0.244 e. The molecule has 0 saturated heterocycles. The van der Waals surface area contributed by atoms with E-state index in [0.29, 0.717) is 0 Å². The Bertz CT molecular complexity index is 680. The van der Waals surface area contributed by atoms with Crippen molar-refractivity contribution in [1.29, 1.82) is 0 Å². The molecule has 0 spiro atoms. The van der Waals surface area contributed by atoms with E-state index < -0.39 is 10.0 Å². The molecule has 0 bridgehead atoms. The van der Waals surface area contributed by atoms with Crippen LogP contribution >= 0.6 is 11.3 Å². The number of anilines is 1. The summed E-state index contributed by atoms with van der Waals surface area (Å²) in [4.78, 5) is 5.91. The van der Waals surface area contributed by atoms with Crippen molar-refractivity contribution in [3.63, 3.8) is 0 Å². The molecule has 0 radical (unpaired) electrons. The molecule has 0 amide bonds. The predicted octanol–water partition coefficient (Wildman–Crippen LogP) is 2.07. The number of hydrogen-bond donors (Lipinski definition) is 2. The van der Waals surface area contributed by atoms with Gasteiger partial charge in [-0.3, -0.25) is 4.98 Å². The molecule has 2 heterocycles. The molecule has 5 nitrogen and oxygen atoms in total. The van der Waals surface area contributed by atoms with Gasteiger partial charge in [-0.15, -0.1) is 11.3 Å². The van der Waals surface area contributed by atoms with Crippen molar-refractivity contribution in [2.24, 2.45) is 0 Å². The van der Waals surface area contributed by atoms with Gasteiger partial charge in [0.25, 0.3) is 0 Å². The van der Waals surface area contributed by atoms with Crippen molar-refractivity contribution in [2.45, 2.75) is 24.8 Å². The van der Waals surface area contributed by atoms with Gasteiger partial charge in [0, 0.05) is 22.1 Å². The van der Waals surface area contributed by atoms with E-state index in [0.717, 1.165) is 9.75 Å². The summed E-state index contributed by atoms with van der Waals surface area (Å²) in [6.07, 6.45) is 2.71. The molecule has 19 heavy (non-hydrogen) atoms. The highest BCUT2D eigenvalue weighted by molar-refractivity contribution is 7.89. The number of aromatic nitrogens is 1. The Morgan fingerprint density at radius 1 is 1.37 bits per heavy atom. The SMILES string of the molecule is Cc1ccc(C(C)NS(=O)(=O)c2cnccc2N)s1. The van der Waals surface area contributed by atoms with Gasteiger partial charge in [0.2, 0.25) is 10.0 Å². The molecule has 7 heteroatoms. The Labute approximate surface area is 116 Å². The second kappa shape index (κ2) is 5.28. The largest absolute Gasteiger partial charge is 0.398 e. The van der Waals surface area contributed by atoms with E-state index in [4.69, 9.17) is 5.73 Å². The molecule has 0 aliphatic rings. The van der Waals surface area contributed by atoms with Gasteiger partial charge in [-0.2, -0.15) is 0 Å². The number of sulfonamides is 1. The van der Waals surface area contributed by atoms with E-state index >= 15 is 0 Å². The Kier molecular flexibility index (Phi) is 3.88. The molecule has 1 atom stereocenters. The first-order valence-corrected chi connectivity index (χ1v) is 7.98. The number of hydrogen-bond acceptors (Lipinski definition) is 5. The second-order valence-electron chi connectivity index (χ2n) is 4.20. The zero-order valence-electron chi connectivity index (χ0n) is 10.6. The van der Waals surface area contributed by atoms with Crippen molar-refractivity contribution < 1.29 is 8.42 Å². The van der Waals surface area contributed by atoms with Gasteiger partial charge in [0.15, 0.2) is 0 Å². The summed E-state index contributed by atoms with van der Waals surface area (Å²) in [6, 6.07) is 5.04. The molecule has 0 aliphatic heterocycles. The molecule has 0 fully saturated rings. The summed E-state index contributed by atoms with van der Waals surface area (Å²) >= 11 is 1.56. The summed E-state index contributed by atoms with van der Waals surface area (Å²) in [5.41, 5.74) is 5.86. The number of pyridine rings is 1. The first kappa shape index (κ1) is 14.0. The zero-order valence-corrected chi connectivity index (χ0v) is 12.3. The molecule has 0 aromatic carbocycles. The minimum atomic E-state index is -3.66. The van der Waals surface area contributed by atoms with Gasteiger partial charge < -0.3 is 5.73 Å². The second-order valence-corrected chi connectivity index (χ2v) is 7.21. The Hall–Kier alpha value is -1.44. The maximum Gasteiger partial charge on any atom is 0.244 e. The van der Waals surface area contributed by atoms with E-state index in [-0.39, 0.29) is 16.6 Å². The van der Waals surface area contributed by atoms with Crippen molar-refractivity contribution in [2.75, 3.05) is 5.73 Å². The molecular formula is C12H15N3O2S2. The fourth-order valence-electron chi connectivity index (χ4n) is 1.66. The van der Waals surface area contributed by atoms with E-state index in [1.165, 1.54) is 18.5 Å². The van der Waals surface area contributed by atoms with Crippen LogP contribution in [0.3, 0.4) is 0 Å². The van der Waals surface area contributed by atoms with Crippen LogP contribution in [-0.4, -0.2) is 13.4 Å². The maximum atomic E-state index is 12.2. The summed E-state index contributed by atoms with van der Waals surface area (Å²) in [5.74, 6) is 0.